The number of hydrogen-bond acceptors (Lipinski definition) is 2. The van der Waals surface area contributed by atoms with E-state index in [1.807, 2.05) is 18.2 Å². The van der Waals surface area contributed by atoms with Crippen LogP contribution in [0.5, 0.6) is 0 Å². The summed E-state index contributed by atoms with van der Waals surface area (Å²) in [6.45, 7) is 6.85. The molecule has 0 spiro atoms. The van der Waals surface area contributed by atoms with E-state index in [1.165, 1.54) is 11.6 Å². The summed E-state index contributed by atoms with van der Waals surface area (Å²) < 4.78 is 13.7. The molecule has 24 heavy (non-hydrogen) atoms. The summed E-state index contributed by atoms with van der Waals surface area (Å²) >= 11 is 5.32. The van der Waals surface area contributed by atoms with Crippen molar-refractivity contribution in [2.75, 3.05) is 25.0 Å². The predicted octanol–water partition coefficient (Wildman–Crippen LogP) is 4.20. The lowest BCUT2D eigenvalue weighted by Gasteiger charge is -2.30. The molecule has 0 aromatic heterocycles. The van der Waals surface area contributed by atoms with Gasteiger partial charge in [0.1, 0.15) is 5.82 Å². The summed E-state index contributed by atoms with van der Waals surface area (Å²) in [7, 11) is 0. The van der Waals surface area contributed by atoms with Crippen molar-refractivity contribution >= 4 is 23.0 Å². The van der Waals surface area contributed by atoms with Crippen LogP contribution in [0.3, 0.4) is 0 Å². The van der Waals surface area contributed by atoms with Crippen LogP contribution >= 0.6 is 12.2 Å². The van der Waals surface area contributed by atoms with Gasteiger partial charge in [0, 0.05) is 6.54 Å². The van der Waals surface area contributed by atoms with Crippen molar-refractivity contribution in [1.82, 2.24) is 10.2 Å². The Hall–Kier alpha value is -1.98. The molecule has 0 unspecified atom stereocenters. The number of nitrogens with zero attached hydrogens (tertiary/aromatic N) is 1. The maximum absolute atomic E-state index is 13.7. The first-order valence-corrected chi connectivity index (χ1v) is 8.64. The summed E-state index contributed by atoms with van der Waals surface area (Å²) in [4.78, 5) is 2.37. The van der Waals surface area contributed by atoms with Gasteiger partial charge >= 0.3 is 0 Å². The number of anilines is 1. The summed E-state index contributed by atoms with van der Waals surface area (Å²) in [5.74, 6) is -0.315. The van der Waals surface area contributed by atoms with Gasteiger partial charge in [-0.3, -0.25) is 4.90 Å². The van der Waals surface area contributed by atoms with Crippen molar-refractivity contribution < 1.29 is 4.39 Å². The molecule has 2 aromatic rings. The van der Waals surface area contributed by atoms with E-state index in [0.717, 1.165) is 13.1 Å². The zero-order valence-corrected chi connectivity index (χ0v) is 14.9. The molecule has 2 aromatic carbocycles. The van der Waals surface area contributed by atoms with Crippen LogP contribution < -0.4 is 10.6 Å². The number of likely N-dealkylation sites (N-methyl/N-ethyl adjacent to an activating group) is 1. The molecule has 2 rings (SSSR count). The third-order valence-electron chi connectivity index (χ3n) is 4.02. The largest absolute Gasteiger partial charge is 0.361 e. The highest BCUT2D eigenvalue weighted by atomic mass is 32.1. The van der Waals surface area contributed by atoms with Gasteiger partial charge in [-0.25, -0.2) is 4.39 Å². The number of nitrogens with one attached hydrogen (secondary N) is 2. The van der Waals surface area contributed by atoms with Crippen LogP contribution in [0.15, 0.2) is 54.6 Å². The topological polar surface area (TPSA) is 27.3 Å². The first kappa shape index (κ1) is 18.4. The van der Waals surface area contributed by atoms with Crippen LogP contribution in [0.25, 0.3) is 0 Å². The molecule has 0 aliphatic heterocycles. The van der Waals surface area contributed by atoms with Crippen molar-refractivity contribution in [1.29, 1.82) is 0 Å². The second-order valence-corrected chi connectivity index (χ2v) is 5.87. The second-order valence-electron chi connectivity index (χ2n) is 5.46. The molecular weight excluding hydrogens is 321 g/mol. The number of rotatable bonds is 7. The fraction of sp³-hybridized carbons (Fsp3) is 0.316. The van der Waals surface area contributed by atoms with E-state index < -0.39 is 0 Å². The molecule has 1 atom stereocenters. The summed E-state index contributed by atoms with van der Waals surface area (Å²) in [5.41, 5.74) is 1.62. The third-order valence-corrected chi connectivity index (χ3v) is 4.26. The summed E-state index contributed by atoms with van der Waals surface area (Å²) in [6, 6.07) is 17.1. The van der Waals surface area contributed by atoms with Gasteiger partial charge in [-0.1, -0.05) is 56.3 Å². The molecule has 0 fully saturated rings. The maximum Gasteiger partial charge on any atom is 0.170 e. The summed E-state index contributed by atoms with van der Waals surface area (Å²) in [5, 5.41) is 6.56. The summed E-state index contributed by atoms with van der Waals surface area (Å²) in [6.07, 6.45) is 0. The van der Waals surface area contributed by atoms with E-state index in [2.05, 4.69) is 41.5 Å². The average molecular weight is 345 g/mol. The van der Waals surface area contributed by atoms with Crippen LogP contribution in [0.1, 0.15) is 25.5 Å². The Morgan fingerprint density at radius 2 is 1.67 bits per heavy atom. The van der Waals surface area contributed by atoms with Crippen molar-refractivity contribution in [3.63, 3.8) is 0 Å². The van der Waals surface area contributed by atoms with Crippen LogP contribution in [0.2, 0.25) is 0 Å². The zero-order chi connectivity index (χ0) is 17.4. The van der Waals surface area contributed by atoms with Crippen LogP contribution in [-0.4, -0.2) is 29.6 Å². The molecule has 0 saturated carbocycles. The first-order chi connectivity index (χ1) is 11.7. The molecule has 2 N–H and O–H groups in total. The molecule has 0 bridgehead atoms. The van der Waals surface area contributed by atoms with E-state index >= 15 is 0 Å². The predicted molar refractivity (Wildman–Crippen MR) is 103 cm³/mol. The number of para-hydroxylation sites is 1. The van der Waals surface area contributed by atoms with Gasteiger partial charge in [-0.2, -0.15) is 0 Å². The molecule has 0 radical (unpaired) electrons. The van der Waals surface area contributed by atoms with E-state index in [-0.39, 0.29) is 11.9 Å². The molecule has 0 saturated heterocycles. The number of thiocarbonyl (C=S) groups is 1. The van der Waals surface area contributed by atoms with Gasteiger partial charge in [0.25, 0.3) is 0 Å². The first-order valence-electron chi connectivity index (χ1n) is 8.24. The van der Waals surface area contributed by atoms with Crippen molar-refractivity contribution in [3.05, 3.63) is 66.0 Å². The van der Waals surface area contributed by atoms with Crippen molar-refractivity contribution in [2.45, 2.75) is 19.9 Å². The van der Waals surface area contributed by atoms with Gasteiger partial charge in [-0.15, -0.1) is 0 Å². The lowest BCUT2D eigenvalue weighted by atomic mass is 10.1. The van der Waals surface area contributed by atoms with Crippen LogP contribution in [-0.2, 0) is 0 Å². The molecule has 0 aliphatic rings. The Morgan fingerprint density at radius 3 is 2.29 bits per heavy atom. The van der Waals surface area contributed by atoms with Crippen LogP contribution in [0.4, 0.5) is 10.1 Å². The van der Waals surface area contributed by atoms with Gasteiger partial charge < -0.3 is 10.6 Å². The molecule has 0 aliphatic carbocycles. The van der Waals surface area contributed by atoms with Gasteiger partial charge in [0.2, 0.25) is 0 Å². The third kappa shape index (κ3) is 5.01. The highest BCUT2D eigenvalue weighted by Gasteiger charge is 2.18. The molecule has 128 valence electrons. The number of hydrogen-bond donors (Lipinski definition) is 2. The standard InChI is InChI=1S/C19H24FN3S/c1-3-23(4-2)18(15-10-6-5-7-11-15)14-21-19(24)22-17-13-9-8-12-16(17)20/h5-13,18H,3-4,14H2,1-2H3,(H2,21,22,24)/t18-/m0/s1. The van der Waals surface area contributed by atoms with Gasteiger partial charge in [0.05, 0.1) is 11.7 Å². The Kier molecular flexibility index (Phi) is 7.15. The van der Waals surface area contributed by atoms with E-state index in [4.69, 9.17) is 12.2 Å². The maximum atomic E-state index is 13.7. The fourth-order valence-corrected chi connectivity index (χ4v) is 2.91. The fourth-order valence-electron chi connectivity index (χ4n) is 2.72. The molecule has 3 nitrogen and oxygen atoms in total. The minimum atomic E-state index is -0.315. The van der Waals surface area contributed by atoms with Crippen LogP contribution in [0, 0.1) is 5.82 Å². The SMILES string of the molecule is CCN(CC)[C@@H](CNC(=S)Nc1ccccc1F)c1ccccc1. The quantitative estimate of drug-likeness (QED) is 0.736. The zero-order valence-electron chi connectivity index (χ0n) is 14.1. The van der Waals surface area contributed by atoms with E-state index in [9.17, 15) is 4.39 Å². The molecule has 0 heterocycles. The minimum Gasteiger partial charge on any atom is -0.361 e. The smallest absolute Gasteiger partial charge is 0.170 e. The second kappa shape index (κ2) is 9.35. The Balaban J connectivity index is 2.02. The molecule has 5 heteroatoms. The van der Waals surface area contributed by atoms with Crippen molar-refractivity contribution in [2.24, 2.45) is 0 Å². The Labute approximate surface area is 148 Å². The minimum absolute atomic E-state index is 0.210. The average Bonchev–Trinajstić information content (AvgIpc) is 2.61. The number of halogens is 1. The van der Waals surface area contributed by atoms with Crippen molar-refractivity contribution in [3.8, 4) is 0 Å². The highest BCUT2D eigenvalue weighted by Crippen LogP contribution is 2.19. The lowest BCUT2D eigenvalue weighted by Crippen LogP contribution is -2.39. The Bertz CT molecular complexity index is 644. The van der Waals surface area contributed by atoms with E-state index in [1.54, 1.807) is 18.2 Å². The Morgan fingerprint density at radius 1 is 1.04 bits per heavy atom. The highest BCUT2D eigenvalue weighted by molar-refractivity contribution is 7.80. The van der Waals surface area contributed by atoms with E-state index in [0.29, 0.717) is 17.3 Å². The molecule has 0 amide bonds. The number of benzene rings is 2. The normalized spacial score (nSPS) is 12.0. The van der Waals surface area contributed by atoms with Gasteiger partial charge in [0.15, 0.2) is 5.11 Å². The molecular formula is C19H24FN3S. The van der Waals surface area contributed by atoms with Gasteiger partial charge in [-0.05, 0) is 43.0 Å². The lowest BCUT2D eigenvalue weighted by molar-refractivity contribution is 0.219. The monoisotopic (exact) mass is 345 g/mol.